The number of nitrogen functional groups attached to an aromatic ring is 1. The molecule has 0 atom stereocenters. The highest BCUT2D eigenvalue weighted by atomic mass is 16.5. The molecule has 0 aliphatic carbocycles. The van der Waals surface area contributed by atoms with E-state index in [2.05, 4.69) is 10.1 Å². The molecule has 0 fully saturated rings. The van der Waals surface area contributed by atoms with Crippen LogP contribution >= 0.6 is 0 Å². The second-order valence-corrected chi connectivity index (χ2v) is 4.61. The van der Waals surface area contributed by atoms with Crippen molar-refractivity contribution >= 4 is 5.69 Å². The van der Waals surface area contributed by atoms with Crippen LogP contribution in [0.3, 0.4) is 0 Å². The lowest BCUT2D eigenvalue weighted by atomic mass is 10.1. The number of hydrogen-bond acceptors (Lipinski definition) is 4. The van der Waals surface area contributed by atoms with Crippen molar-refractivity contribution in [1.29, 1.82) is 0 Å². The van der Waals surface area contributed by atoms with Gasteiger partial charge in [-0.25, -0.2) is 4.68 Å². The fourth-order valence-electron chi connectivity index (χ4n) is 2.11. The zero-order chi connectivity index (χ0) is 14.7. The average Bonchev–Trinajstić information content (AvgIpc) is 2.98. The topological polar surface area (TPSA) is 66.0 Å². The molecular weight excluding hydrogens is 264 g/mol. The highest BCUT2D eigenvalue weighted by Crippen LogP contribution is 2.22. The summed E-state index contributed by atoms with van der Waals surface area (Å²) in [6.45, 7) is 2.55. The third-order valence-electron chi connectivity index (χ3n) is 3.08. The second-order valence-electron chi connectivity index (χ2n) is 4.61. The maximum Gasteiger partial charge on any atom is 0.139 e. The normalized spacial score (nSPS) is 10.5. The summed E-state index contributed by atoms with van der Waals surface area (Å²) in [5.74, 6) is 0.732. The summed E-state index contributed by atoms with van der Waals surface area (Å²) in [5, 5.41) is 4.37. The van der Waals surface area contributed by atoms with Crippen molar-refractivity contribution in [2.24, 2.45) is 0 Å². The molecule has 21 heavy (non-hydrogen) atoms. The molecule has 106 valence electrons. The van der Waals surface area contributed by atoms with E-state index in [0.29, 0.717) is 6.61 Å². The summed E-state index contributed by atoms with van der Waals surface area (Å²) in [4.78, 5) is 4.17. The lowest BCUT2D eigenvalue weighted by Crippen LogP contribution is -1.97. The maximum absolute atomic E-state index is 5.81. The fourth-order valence-corrected chi connectivity index (χ4v) is 2.11. The largest absolute Gasteiger partial charge is 0.492 e. The maximum atomic E-state index is 5.81. The lowest BCUT2D eigenvalue weighted by Gasteiger charge is -2.05. The number of nitrogens with zero attached hydrogens (tertiary/aromatic N) is 3. The zero-order valence-electron chi connectivity index (χ0n) is 11.7. The Morgan fingerprint density at radius 3 is 2.86 bits per heavy atom. The molecule has 3 rings (SSSR count). The van der Waals surface area contributed by atoms with Crippen LogP contribution in [0.4, 0.5) is 5.69 Å². The van der Waals surface area contributed by atoms with Crippen LogP contribution < -0.4 is 10.5 Å². The summed E-state index contributed by atoms with van der Waals surface area (Å²) in [6, 6.07) is 9.64. The van der Waals surface area contributed by atoms with Crippen molar-refractivity contribution in [3.8, 4) is 22.6 Å². The number of ether oxygens (including phenoxy) is 1. The van der Waals surface area contributed by atoms with Crippen LogP contribution in [0.25, 0.3) is 16.8 Å². The number of aromatic nitrogens is 3. The van der Waals surface area contributed by atoms with Gasteiger partial charge in [0.1, 0.15) is 5.75 Å². The van der Waals surface area contributed by atoms with E-state index in [1.54, 1.807) is 17.1 Å². The molecule has 2 heterocycles. The Labute approximate surface area is 123 Å². The van der Waals surface area contributed by atoms with Gasteiger partial charge in [0.05, 0.1) is 30.9 Å². The molecule has 5 nitrogen and oxygen atoms in total. The van der Waals surface area contributed by atoms with Crippen LogP contribution in [0.15, 0.2) is 55.1 Å². The third kappa shape index (κ3) is 2.86. The van der Waals surface area contributed by atoms with Crippen molar-refractivity contribution in [2.75, 3.05) is 12.3 Å². The molecule has 0 radical (unpaired) electrons. The summed E-state index contributed by atoms with van der Waals surface area (Å²) in [7, 11) is 0. The molecule has 2 N–H and O–H groups in total. The Morgan fingerprint density at radius 1 is 1.14 bits per heavy atom. The molecule has 0 spiro atoms. The summed E-state index contributed by atoms with van der Waals surface area (Å²) >= 11 is 0. The van der Waals surface area contributed by atoms with Gasteiger partial charge in [0.25, 0.3) is 0 Å². The standard InChI is InChI=1S/C16H16N4O/c1-2-21-16-7-15(9-18-10-16)20-11-13(8-19-20)12-4-3-5-14(17)6-12/h3-11H,2,17H2,1H3. The summed E-state index contributed by atoms with van der Waals surface area (Å²) < 4.78 is 7.23. The number of pyridine rings is 1. The molecule has 0 bridgehead atoms. The van der Waals surface area contributed by atoms with Crippen molar-refractivity contribution < 1.29 is 4.74 Å². The Bertz CT molecular complexity index is 751. The molecular formula is C16H16N4O. The molecule has 0 aliphatic rings. The van der Waals surface area contributed by atoms with E-state index in [4.69, 9.17) is 10.5 Å². The first-order valence-corrected chi connectivity index (χ1v) is 6.75. The molecule has 5 heteroatoms. The van der Waals surface area contributed by atoms with Crippen molar-refractivity contribution in [2.45, 2.75) is 6.92 Å². The summed E-state index contributed by atoms with van der Waals surface area (Å²) in [6.07, 6.45) is 7.19. The van der Waals surface area contributed by atoms with Gasteiger partial charge in [0, 0.05) is 23.5 Å². The molecule has 0 saturated heterocycles. The van der Waals surface area contributed by atoms with Crippen molar-refractivity contribution in [3.63, 3.8) is 0 Å². The highest BCUT2D eigenvalue weighted by molar-refractivity contribution is 5.66. The van der Waals surface area contributed by atoms with Crippen LogP contribution in [0.5, 0.6) is 5.75 Å². The molecule has 0 amide bonds. The number of rotatable bonds is 4. The quantitative estimate of drug-likeness (QED) is 0.746. The van der Waals surface area contributed by atoms with Gasteiger partial charge in [-0.1, -0.05) is 12.1 Å². The van der Waals surface area contributed by atoms with Crippen LogP contribution in [0, 0.1) is 0 Å². The number of benzene rings is 1. The van der Waals surface area contributed by atoms with E-state index in [1.165, 1.54) is 0 Å². The Kier molecular flexibility index (Phi) is 3.55. The van der Waals surface area contributed by atoms with E-state index in [-0.39, 0.29) is 0 Å². The minimum atomic E-state index is 0.610. The van der Waals surface area contributed by atoms with E-state index in [9.17, 15) is 0 Å². The van der Waals surface area contributed by atoms with Crippen LogP contribution in [0.2, 0.25) is 0 Å². The predicted octanol–water partition coefficient (Wildman–Crippen LogP) is 2.92. The van der Waals surface area contributed by atoms with Crippen LogP contribution in [-0.4, -0.2) is 21.4 Å². The van der Waals surface area contributed by atoms with Crippen molar-refractivity contribution in [3.05, 3.63) is 55.1 Å². The van der Waals surface area contributed by atoms with E-state index < -0.39 is 0 Å². The van der Waals surface area contributed by atoms with E-state index in [1.807, 2.05) is 49.6 Å². The Balaban J connectivity index is 1.93. The first-order valence-electron chi connectivity index (χ1n) is 6.75. The smallest absolute Gasteiger partial charge is 0.139 e. The molecule has 1 aromatic carbocycles. The van der Waals surface area contributed by atoms with Gasteiger partial charge in [-0.15, -0.1) is 0 Å². The van der Waals surface area contributed by atoms with E-state index in [0.717, 1.165) is 28.3 Å². The first kappa shape index (κ1) is 13.2. The number of nitrogens with two attached hydrogens (primary N) is 1. The van der Waals surface area contributed by atoms with Crippen LogP contribution in [-0.2, 0) is 0 Å². The Morgan fingerprint density at radius 2 is 2.05 bits per heavy atom. The summed E-state index contributed by atoms with van der Waals surface area (Å²) in [5.41, 5.74) is 9.45. The SMILES string of the molecule is CCOc1cncc(-n2cc(-c3cccc(N)c3)cn2)c1. The molecule has 0 aliphatic heterocycles. The number of hydrogen-bond donors (Lipinski definition) is 1. The highest BCUT2D eigenvalue weighted by Gasteiger charge is 2.05. The van der Waals surface area contributed by atoms with Gasteiger partial charge in [-0.05, 0) is 24.6 Å². The molecule has 0 saturated carbocycles. The average molecular weight is 280 g/mol. The van der Waals surface area contributed by atoms with Gasteiger partial charge in [-0.2, -0.15) is 5.10 Å². The van der Waals surface area contributed by atoms with Gasteiger partial charge in [-0.3, -0.25) is 4.98 Å². The molecule has 2 aromatic heterocycles. The van der Waals surface area contributed by atoms with Gasteiger partial charge < -0.3 is 10.5 Å². The minimum absolute atomic E-state index is 0.610. The minimum Gasteiger partial charge on any atom is -0.492 e. The van der Waals surface area contributed by atoms with Gasteiger partial charge >= 0.3 is 0 Å². The lowest BCUT2D eigenvalue weighted by molar-refractivity contribution is 0.338. The van der Waals surface area contributed by atoms with E-state index >= 15 is 0 Å². The molecule has 3 aromatic rings. The van der Waals surface area contributed by atoms with Gasteiger partial charge in [0.15, 0.2) is 0 Å². The first-order chi connectivity index (χ1) is 10.3. The molecule has 0 unspecified atom stereocenters. The predicted molar refractivity (Wildman–Crippen MR) is 82.4 cm³/mol. The van der Waals surface area contributed by atoms with Gasteiger partial charge in [0.2, 0.25) is 0 Å². The van der Waals surface area contributed by atoms with Crippen LogP contribution in [0.1, 0.15) is 6.92 Å². The Hall–Kier alpha value is -2.82. The number of anilines is 1. The third-order valence-corrected chi connectivity index (χ3v) is 3.08. The van der Waals surface area contributed by atoms with Crippen molar-refractivity contribution in [1.82, 2.24) is 14.8 Å². The second kappa shape index (κ2) is 5.66. The monoisotopic (exact) mass is 280 g/mol. The zero-order valence-corrected chi connectivity index (χ0v) is 11.7. The fraction of sp³-hybridized carbons (Fsp3) is 0.125.